The predicted molar refractivity (Wildman–Crippen MR) is 123 cm³/mol. The Balaban J connectivity index is 1.97. The maximum atomic E-state index is 12.6. The van der Waals surface area contributed by atoms with Crippen LogP contribution in [0.4, 0.5) is 0 Å². The third-order valence-corrected chi connectivity index (χ3v) is 4.85. The Hall–Kier alpha value is -3.14. The summed E-state index contributed by atoms with van der Waals surface area (Å²) in [5, 5.41) is 2.10. The van der Waals surface area contributed by atoms with Gasteiger partial charge in [-0.15, -0.1) is 0 Å². The maximum Gasteiger partial charge on any atom is 0.246 e. The molecule has 0 aliphatic rings. The van der Waals surface area contributed by atoms with Crippen molar-refractivity contribution in [1.29, 1.82) is 0 Å². The first kappa shape index (κ1) is 21.6. The number of benzene rings is 2. The van der Waals surface area contributed by atoms with Crippen LogP contribution in [-0.2, 0) is 4.79 Å². The predicted octanol–water partition coefficient (Wildman–Crippen LogP) is 6.33. The molecule has 1 N–H and O–H groups in total. The van der Waals surface area contributed by atoms with Crippen molar-refractivity contribution in [2.75, 3.05) is 0 Å². The number of nitrogens with zero attached hydrogens (tertiary/aromatic N) is 1. The fourth-order valence-electron chi connectivity index (χ4n) is 2.90. The first-order valence-corrected chi connectivity index (χ1v) is 10.2. The minimum Gasteiger partial charge on any atom is -0.362 e. The van der Waals surface area contributed by atoms with Crippen molar-refractivity contribution in [3.8, 4) is 17.1 Å². The van der Waals surface area contributed by atoms with Gasteiger partial charge in [0.1, 0.15) is 0 Å². The summed E-state index contributed by atoms with van der Waals surface area (Å²) in [4.78, 5) is 23.2. The highest BCUT2D eigenvalue weighted by Crippen LogP contribution is 2.30. The van der Waals surface area contributed by atoms with Crippen LogP contribution in [0.15, 0.2) is 72.4 Å². The molecule has 0 saturated heterocycles. The van der Waals surface area contributed by atoms with Crippen LogP contribution in [0.25, 0.3) is 22.0 Å². The number of hydrogen-bond donors (Lipinski definition) is 1. The zero-order chi connectivity index (χ0) is 21.9. The quantitative estimate of drug-likeness (QED) is 0.400. The molecule has 0 unspecified atom stereocenters. The molecule has 3 aromatic rings. The zero-order valence-electron chi connectivity index (χ0n) is 18.6. The van der Waals surface area contributed by atoms with Gasteiger partial charge in [0.2, 0.25) is 5.88 Å². The number of rotatable bonds is 5. The van der Waals surface area contributed by atoms with Crippen LogP contribution < -0.4 is 10.3 Å². The Bertz CT molecular complexity index is 1070. The number of hydrogen-bond acceptors (Lipinski definition) is 4. The molecule has 3 rings (SSSR count). The second-order valence-corrected chi connectivity index (χ2v) is 9.52. The van der Waals surface area contributed by atoms with Crippen molar-refractivity contribution in [2.45, 2.75) is 41.5 Å². The molecule has 1 aromatic heterocycles. The second-order valence-electron chi connectivity index (χ2n) is 9.52. The normalized spacial score (nSPS) is 12.7. The average Bonchev–Trinajstić information content (AvgIpc) is 2.69. The van der Waals surface area contributed by atoms with Gasteiger partial charge >= 0.3 is 0 Å². The molecule has 0 amide bonds. The maximum absolute atomic E-state index is 12.6. The zero-order valence-corrected chi connectivity index (χ0v) is 18.6. The van der Waals surface area contributed by atoms with E-state index < -0.39 is 5.41 Å². The van der Waals surface area contributed by atoms with Crippen LogP contribution >= 0.6 is 0 Å². The molecule has 156 valence electrons. The summed E-state index contributed by atoms with van der Waals surface area (Å²) >= 11 is 0. The molecule has 0 aliphatic carbocycles. The summed E-state index contributed by atoms with van der Waals surface area (Å²) in [5.74, 6) is 0.492. The largest absolute Gasteiger partial charge is 0.362 e. The molecule has 0 bridgehead atoms. The van der Waals surface area contributed by atoms with Crippen LogP contribution in [0.2, 0.25) is 0 Å². The topological polar surface area (TPSA) is 51.2 Å². The van der Waals surface area contributed by atoms with Crippen LogP contribution in [0.5, 0.6) is 5.88 Å². The number of aromatic nitrogens is 1. The molecule has 0 fully saturated rings. The third kappa shape index (κ3) is 5.07. The van der Waals surface area contributed by atoms with E-state index in [2.05, 4.69) is 11.5 Å². The molecule has 4 heteroatoms. The summed E-state index contributed by atoms with van der Waals surface area (Å²) in [5.41, 5.74) is 4.84. The number of fused-ring (bicyclic) bond motifs is 1. The second kappa shape index (κ2) is 8.31. The van der Waals surface area contributed by atoms with Gasteiger partial charge in [0.25, 0.3) is 0 Å². The number of ketones is 1. The van der Waals surface area contributed by atoms with Gasteiger partial charge in [-0.2, -0.15) is 0 Å². The first-order chi connectivity index (χ1) is 14.1. The Morgan fingerprint density at radius 1 is 0.900 bits per heavy atom. The van der Waals surface area contributed by atoms with Crippen molar-refractivity contribution >= 4 is 16.6 Å². The molecular weight excluding hydrogens is 372 g/mol. The SMILES string of the molecule is CC(C)(C)C(=O)C=C(NOc1cc2ccccc2c(-c2ccccc2)n1)C(C)(C)C. The smallest absolute Gasteiger partial charge is 0.246 e. The molecule has 0 saturated carbocycles. The lowest BCUT2D eigenvalue weighted by molar-refractivity contribution is -0.121. The average molecular weight is 403 g/mol. The van der Waals surface area contributed by atoms with E-state index in [0.717, 1.165) is 22.0 Å². The lowest BCUT2D eigenvalue weighted by atomic mass is 9.86. The van der Waals surface area contributed by atoms with Gasteiger partial charge in [0.05, 0.1) is 11.4 Å². The van der Waals surface area contributed by atoms with Crippen molar-refractivity contribution in [3.63, 3.8) is 0 Å². The van der Waals surface area contributed by atoms with Crippen molar-refractivity contribution in [3.05, 3.63) is 72.4 Å². The lowest BCUT2D eigenvalue weighted by Crippen LogP contribution is -2.30. The van der Waals surface area contributed by atoms with E-state index in [1.807, 2.05) is 96.1 Å². The molecular formula is C26H30N2O2. The Morgan fingerprint density at radius 2 is 1.53 bits per heavy atom. The summed E-state index contributed by atoms with van der Waals surface area (Å²) in [6.45, 7) is 11.8. The van der Waals surface area contributed by atoms with Gasteiger partial charge in [-0.1, -0.05) is 96.1 Å². The summed E-state index contributed by atoms with van der Waals surface area (Å²) in [7, 11) is 0. The van der Waals surface area contributed by atoms with Crippen LogP contribution in [0.3, 0.4) is 0 Å². The van der Waals surface area contributed by atoms with E-state index in [1.165, 1.54) is 0 Å². The van der Waals surface area contributed by atoms with Gasteiger partial charge in [-0.25, -0.2) is 10.5 Å². The van der Waals surface area contributed by atoms with E-state index in [-0.39, 0.29) is 11.2 Å². The van der Waals surface area contributed by atoms with Gasteiger partial charge in [0.15, 0.2) is 5.78 Å². The third-order valence-electron chi connectivity index (χ3n) is 4.85. The van der Waals surface area contributed by atoms with Crippen molar-refractivity contribution in [2.24, 2.45) is 10.8 Å². The molecule has 4 nitrogen and oxygen atoms in total. The molecule has 0 spiro atoms. The summed E-state index contributed by atoms with van der Waals surface area (Å²) < 4.78 is 0. The molecule has 2 aromatic carbocycles. The number of carbonyl (C=O) groups excluding carboxylic acids is 1. The van der Waals surface area contributed by atoms with Crippen LogP contribution in [0.1, 0.15) is 41.5 Å². The Morgan fingerprint density at radius 3 is 2.17 bits per heavy atom. The summed E-state index contributed by atoms with van der Waals surface area (Å²) in [6.07, 6.45) is 1.64. The fourth-order valence-corrected chi connectivity index (χ4v) is 2.90. The standard InChI is InChI=1S/C26H30N2O2/c1-25(2,3)21(17-22(29)26(4,5)6)28-30-23-16-19-14-10-11-15-20(19)24(27-23)18-12-8-7-9-13-18/h7-17,28H,1-6H3. The van der Waals surface area contributed by atoms with Crippen LogP contribution in [0, 0.1) is 10.8 Å². The number of nitrogens with one attached hydrogen (secondary N) is 1. The van der Waals surface area contributed by atoms with Crippen molar-refractivity contribution < 1.29 is 9.63 Å². The molecule has 0 radical (unpaired) electrons. The highest BCUT2D eigenvalue weighted by molar-refractivity contribution is 5.95. The van der Waals surface area contributed by atoms with E-state index in [4.69, 9.17) is 9.82 Å². The summed E-state index contributed by atoms with van der Waals surface area (Å²) in [6, 6.07) is 20.1. The van der Waals surface area contributed by atoms with Crippen molar-refractivity contribution in [1.82, 2.24) is 10.5 Å². The van der Waals surface area contributed by atoms with E-state index in [9.17, 15) is 4.79 Å². The van der Waals surface area contributed by atoms with Gasteiger partial charge in [0, 0.05) is 33.9 Å². The highest BCUT2D eigenvalue weighted by Gasteiger charge is 2.25. The Kier molecular flexibility index (Phi) is 5.97. The molecule has 0 atom stereocenters. The molecule has 0 aliphatic heterocycles. The van der Waals surface area contributed by atoms with E-state index >= 15 is 0 Å². The van der Waals surface area contributed by atoms with E-state index in [0.29, 0.717) is 11.6 Å². The van der Waals surface area contributed by atoms with Crippen LogP contribution in [-0.4, -0.2) is 10.8 Å². The Labute approximate surface area is 178 Å². The van der Waals surface area contributed by atoms with Gasteiger partial charge < -0.3 is 4.84 Å². The fraction of sp³-hybridized carbons (Fsp3) is 0.308. The monoisotopic (exact) mass is 402 g/mol. The lowest BCUT2D eigenvalue weighted by Gasteiger charge is -2.25. The number of hydroxylamine groups is 1. The number of carbonyl (C=O) groups is 1. The van der Waals surface area contributed by atoms with E-state index in [1.54, 1.807) is 6.08 Å². The molecule has 1 heterocycles. The first-order valence-electron chi connectivity index (χ1n) is 10.2. The molecule has 30 heavy (non-hydrogen) atoms. The highest BCUT2D eigenvalue weighted by atomic mass is 16.7. The van der Waals surface area contributed by atoms with Gasteiger partial charge in [-0.3, -0.25) is 4.79 Å². The van der Waals surface area contributed by atoms with Gasteiger partial charge in [-0.05, 0) is 5.39 Å². The minimum absolute atomic E-state index is 0.0416. The number of pyridine rings is 1. The minimum atomic E-state index is -0.458. The number of allylic oxidation sites excluding steroid dienone is 2.